The molecule has 1 aliphatic heterocycles. The molecule has 0 saturated carbocycles. The Balaban J connectivity index is 1.63. The van der Waals surface area contributed by atoms with Crippen LogP contribution >= 0.6 is 0 Å². The highest BCUT2D eigenvalue weighted by Gasteiger charge is 2.18. The normalized spacial score (nSPS) is 12.4. The van der Waals surface area contributed by atoms with Crippen LogP contribution in [0.3, 0.4) is 0 Å². The van der Waals surface area contributed by atoms with E-state index in [0.717, 1.165) is 42.3 Å². The van der Waals surface area contributed by atoms with Gasteiger partial charge >= 0.3 is 0 Å². The number of unbranched alkanes of at least 4 members (excludes halogenated alkanes) is 4. The fourth-order valence-electron chi connectivity index (χ4n) is 2.70. The molecule has 3 rings (SSSR count). The quantitative estimate of drug-likeness (QED) is 0.615. The zero-order valence-electron chi connectivity index (χ0n) is 12.6. The number of nitrogens with zero attached hydrogens (tertiary/aromatic N) is 2. The van der Waals surface area contributed by atoms with Crippen molar-refractivity contribution in [3.63, 3.8) is 0 Å². The lowest BCUT2D eigenvalue weighted by atomic mass is 10.0. The summed E-state index contributed by atoms with van der Waals surface area (Å²) in [6.45, 7) is 2.24. The first-order chi connectivity index (χ1) is 10.4. The summed E-state index contributed by atoms with van der Waals surface area (Å²) in [4.78, 5) is 9.09. The molecule has 2 aromatic rings. The number of rotatable bonds is 6. The topological polar surface area (TPSA) is 35.0 Å². The van der Waals surface area contributed by atoms with E-state index in [4.69, 9.17) is 4.74 Å². The van der Waals surface area contributed by atoms with Gasteiger partial charge in [-0.15, -0.1) is 0 Å². The molecule has 0 amide bonds. The summed E-state index contributed by atoms with van der Waals surface area (Å²) < 4.78 is 5.91. The van der Waals surface area contributed by atoms with Gasteiger partial charge in [-0.3, -0.25) is 0 Å². The largest absolute Gasteiger partial charge is 0.438 e. The first-order valence-corrected chi connectivity index (χ1v) is 7.97. The van der Waals surface area contributed by atoms with Gasteiger partial charge in [0.2, 0.25) is 5.88 Å². The number of para-hydroxylation sites is 1. The summed E-state index contributed by atoms with van der Waals surface area (Å²) in [5, 5.41) is 0. The molecule has 21 heavy (non-hydrogen) atoms. The van der Waals surface area contributed by atoms with Crippen LogP contribution in [0, 0.1) is 0 Å². The van der Waals surface area contributed by atoms with Crippen molar-refractivity contribution < 1.29 is 4.74 Å². The van der Waals surface area contributed by atoms with Crippen LogP contribution in [0.4, 0.5) is 0 Å². The third-order valence-electron chi connectivity index (χ3n) is 3.94. The van der Waals surface area contributed by atoms with E-state index in [1.165, 1.54) is 31.2 Å². The van der Waals surface area contributed by atoms with Gasteiger partial charge in [0, 0.05) is 24.6 Å². The lowest BCUT2D eigenvalue weighted by Gasteiger charge is -2.19. The van der Waals surface area contributed by atoms with Crippen molar-refractivity contribution in [1.82, 2.24) is 9.97 Å². The van der Waals surface area contributed by atoms with E-state index in [-0.39, 0.29) is 0 Å². The summed E-state index contributed by atoms with van der Waals surface area (Å²) in [6, 6.07) is 8.14. The molecule has 0 atom stereocenters. The van der Waals surface area contributed by atoms with E-state index in [1.807, 2.05) is 24.4 Å². The van der Waals surface area contributed by atoms with E-state index in [0.29, 0.717) is 0 Å². The fourth-order valence-corrected chi connectivity index (χ4v) is 2.70. The van der Waals surface area contributed by atoms with E-state index in [9.17, 15) is 0 Å². The zero-order valence-corrected chi connectivity index (χ0v) is 12.6. The van der Waals surface area contributed by atoms with E-state index >= 15 is 0 Å². The molecule has 0 bridgehead atoms. The van der Waals surface area contributed by atoms with Crippen LogP contribution in [0.25, 0.3) is 0 Å². The number of hydrogen-bond acceptors (Lipinski definition) is 3. The summed E-state index contributed by atoms with van der Waals surface area (Å²) in [6.07, 6.45) is 10.1. The number of aryl methyl sites for hydroxylation is 1. The fraction of sp³-hybridized carbons (Fsp3) is 0.444. The van der Waals surface area contributed by atoms with Crippen molar-refractivity contribution in [2.24, 2.45) is 0 Å². The SMILES string of the molecule is CCCCCCCc1ncc2c(n1)Oc1ccccc1C2. The number of aromatic nitrogens is 2. The lowest BCUT2D eigenvalue weighted by molar-refractivity contribution is 0.435. The molecule has 3 nitrogen and oxygen atoms in total. The Kier molecular flexibility index (Phi) is 4.49. The van der Waals surface area contributed by atoms with Gasteiger partial charge in [0.25, 0.3) is 0 Å². The van der Waals surface area contributed by atoms with Crippen LogP contribution in [0.1, 0.15) is 56.0 Å². The summed E-state index contributed by atoms with van der Waals surface area (Å²) >= 11 is 0. The van der Waals surface area contributed by atoms with Crippen molar-refractivity contribution in [2.75, 3.05) is 0 Å². The molecular weight excluding hydrogens is 260 g/mol. The van der Waals surface area contributed by atoms with Gasteiger partial charge in [0.1, 0.15) is 11.6 Å². The molecule has 0 N–H and O–H groups in total. The number of hydrogen-bond donors (Lipinski definition) is 0. The van der Waals surface area contributed by atoms with Crippen LogP contribution in [0.2, 0.25) is 0 Å². The Morgan fingerprint density at radius 3 is 2.81 bits per heavy atom. The molecular formula is C18H22N2O. The number of fused-ring (bicyclic) bond motifs is 2. The van der Waals surface area contributed by atoms with Gasteiger partial charge in [-0.2, -0.15) is 4.98 Å². The standard InChI is InChI=1S/C18H22N2O/c1-2-3-4-5-6-11-17-19-13-15-12-14-9-7-8-10-16(14)21-18(15)20-17/h7-10,13H,2-6,11-12H2,1H3. The van der Waals surface area contributed by atoms with Gasteiger partial charge in [0.05, 0.1) is 0 Å². The van der Waals surface area contributed by atoms with Crippen LogP contribution in [0.5, 0.6) is 11.6 Å². The second-order valence-corrected chi connectivity index (χ2v) is 5.67. The molecule has 0 unspecified atom stereocenters. The minimum Gasteiger partial charge on any atom is -0.438 e. The molecule has 0 fully saturated rings. The highest BCUT2D eigenvalue weighted by molar-refractivity contribution is 5.46. The third-order valence-corrected chi connectivity index (χ3v) is 3.94. The summed E-state index contributed by atoms with van der Waals surface area (Å²) in [7, 11) is 0. The molecule has 1 aliphatic rings. The van der Waals surface area contributed by atoms with Gasteiger partial charge in [-0.1, -0.05) is 50.8 Å². The maximum atomic E-state index is 5.91. The molecule has 1 aromatic carbocycles. The summed E-state index contributed by atoms with van der Waals surface area (Å²) in [5.41, 5.74) is 2.30. The van der Waals surface area contributed by atoms with Crippen molar-refractivity contribution in [2.45, 2.75) is 51.9 Å². The highest BCUT2D eigenvalue weighted by atomic mass is 16.5. The van der Waals surface area contributed by atoms with Crippen LogP contribution in [-0.2, 0) is 12.8 Å². The van der Waals surface area contributed by atoms with Crippen LogP contribution in [0.15, 0.2) is 30.5 Å². The van der Waals surface area contributed by atoms with Gasteiger partial charge in [-0.25, -0.2) is 4.98 Å². The first kappa shape index (κ1) is 14.1. The smallest absolute Gasteiger partial charge is 0.226 e. The minimum atomic E-state index is 0.743. The van der Waals surface area contributed by atoms with Gasteiger partial charge in [0.15, 0.2) is 0 Å². The summed E-state index contributed by atoms with van der Waals surface area (Å²) in [5.74, 6) is 2.58. The second kappa shape index (κ2) is 6.70. The van der Waals surface area contributed by atoms with E-state index in [2.05, 4.69) is 23.0 Å². The molecule has 110 valence electrons. The monoisotopic (exact) mass is 282 g/mol. The molecule has 3 heteroatoms. The lowest BCUT2D eigenvalue weighted by Crippen LogP contribution is -2.07. The van der Waals surface area contributed by atoms with Crippen molar-refractivity contribution in [3.8, 4) is 11.6 Å². The number of ether oxygens (including phenoxy) is 1. The molecule has 0 radical (unpaired) electrons. The minimum absolute atomic E-state index is 0.743. The Hall–Kier alpha value is -1.90. The molecule has 0 saturated heterocycles. The van der Waals surface area contributed by atoms with E-state index in [1.54, 1.807) is 0 Å². The molecule has 1 aromatic heterocycles. The Morgan fingerprint density at radius 2 is 1.90 bits per heavy atom. The Labute approximate surface area is 126 Å². The van der Waals surface area contributed by atoms with Gasteiger partial charge in [-0.05, 0) is 18.1 Å². The van der Waals surface area contributed by atoms with Crippen molar-refractivity contribution >= 4 is 0 Å². The first-order valence-electron chi connectivity index (χ1n) is 7.97. The van der Waals surface area contributed by atoms with Crippen molar-refractivity contribution in [1.29, 1.82) is 0 Å². The number of benzene rings is 1. The van der Waals surface area contributed by atoms with Gasteiger partial charge < -0.3 is 4.74 Å². The molecule has 0 aliphatic carbocycles. The average Bonchev–Trinajstić information content (AvgIpc) is 2.52. The highest BCUT2D eigenvalue weighted by Crippen LogP contribution is 2.34. The third kappa shape index (κ3) is 3.41. The maximum Gasteiger partial charge on any atom is 0.226 e. The average molecular weight is 282 g/mol. The Bertz CT molecular complexity index is 610. The van der Waals surface area contributed by atoms with Crippen molar-refractivity contribution in [3.05, 3.63) is 47.4 Å². The predicted molar refractivity (Wildman–Crippen MR) is 83.8 cm³/mol. The molecule has 2 heterocycles. The van der Waals surface area contributed by atoms with E-state index < -0.39 is 0 Å². The van der Waals surface area contributed by atoms with Crippen LogP contribution < -0.4 is 4.74 Å². The maximum absolute atomic E-state index is 5.91. The van der Waals surface area contributed by atoms with Crippen LogP contribution in [-0.4, -0.2) is 9.97 Å². The second-order valence-electron chi connectivity index (χ2n) is 5.67. The zero-order chi connectivity index (χ0) is 14.5. The Morgan fingerprint density at radius 1 is 1.05 bits per heavy atom. The predicted octanol–water partition coefficient (Wildman–Crippen LogP) is 4.69. The molecule has 0 spiro atoms.